The van der Waals surface area contributed by atoms with Gasteiger partial charge in [0.1, 0.15) is 6.04 Å². The van der Waals surface area contributed by atoms with E-state index in [9.17, 15) is 14.4 Å². The number of Topliss-reactive ketones (excluding diaryl/α,β-unsaturated/α-hetero) is 1. The van der Waals surface area contributed by atoms with E-state index in [0.29, 0.717) is 31.4 Å². The Balaban J connectivity index is 1.46. The number of carbonyl (C=O) groups is 3. The summed E-state index contributed by atoms with van der Waals surface area (Å²) in [4.78, 5) is 38.4. The summed E-state index contributed by atoms with van der Waals surface area (Å²) in [5.41, 5.74) is 7.38. The van der Waals surface area contributed by atoms with E-state index in [2.05, 4.69) is 16.0 Å². The van der Waals surface area contributed by atoms with E-state index >= 15 is 0 Å². The number of hydrogen-bond acceptors (Lipinski definition) is 4. The van der Waals surface area contributed by atoms with Crippen LogP contribution in [0.15, 0.2) is 60.7 Å². The summed E-state index contributed by atoms with van der Waals surface area (Å²) in [6, 6.07) is 19.2. The van der Waals surface area contributed by atoms with Crippen LogP contribution in [-0.4, -0.2) is 24.1 Å². The van der Waals surface area contributed by atoms with Gasteiger partial charge in [-0.05, 0) is 84.7 Å². The lowest BCUT2D eigenvalue weighted by molar-refractivity contribution is -0.120. The number of ketones is 1. The van der Waals surface area contributed by atoms with Gasteiger partial charge in [-0.25, -0.2) is 0 Å². The summed E-state index contributed by atoms with van der Waals surface area (Å²) in [7, 11) is 0. The quantitative estimate of drug-likeness (QED) is 0.485. The van der Waals surface area contributed by atoms with Crippen molar-refractivity contribution in [1.82, 2.24) is 5.32 Å². The summed E-state index contributed by atoms with van der Waals surface area (Å²) in [6.07, 6.45) is 3.74. The molecule has 0 aliphatic carbocycles. The molecule has 3 aliphatic heterocycles. The van der Waals surface area contributed by atoms with Crippen LogP contribution in [-0.2, 0) is 28.9 Å². The first kappa shape index (κ1) is 23.8. The monoisotopic (exact) mass is 481 g/mol. The fourth-order valence-electron chi connectivity index (χ4n) is 4.99. The van der Waals surface area contributed by atoms with E-state index in [-0.39, 0.29) is 17.6 Å². The van der Waals surface area contributed by atoms with Crippen molar-refractivity contribution in [2.75, 3.05) is 17.2 Å². The van der Waals surface area contributed by atoms with E-state index in [1.807, 2.05) is 67.6 Å². The highest BCUT2D eigenvalue weighted by Crippen LogP contribution is 2.27. The molecule has 184 valence electrons. The summed E-state index contributed by atoms with van der Waals surface area (Å²) in [5.74, 6) is 0.00876. The lowest BCUT2D eigenvalue weighted by atomic mass is 9.94. The molecular weight excluding hydrogens is 450 g/mol. The minimum Gasteiger partial charge on any atom is -0.372 e. The molecule has 0 saturated heterocycles. The number of carbonyl (C=O) groups excluding carboxylic acids is 3. The SMILES string of the molecule is Cc1ccc2cc1CCC(=O)[C@H](Nc1ccc3c(c1)C(=O)NCC3)c1ccc(cc1)CCCC(=O)N2. The van der Waals surface area contributed by atoms with Crippen LogP contribution in [0.3, 0.4) is 0 Å². The maximum Gasteiger partial charge on any atom is 0.251 e. The Labute approximate surface area is 211 Å². The van der Waals surface area contributed by atoms with E-state index in [1.165, 1.54) is 0 Å². The molecule has 0 spiro atoms. The molecule has 0 radical (unpaired) electrons. The molecule has 6 rings (SSSR count). The summed E-state index contributed by atoms with van der Waals surface area (Å²) in [5, 5.41) is 9.31. The predicted octanol–water partition coefficient (Wildman–Crippen LogP) is 4.91. The number of anilines is 2. The Morgan fingerprint density at radius 3 is 2.47 bits per heavy atom. The van der Waals surface area contributed by atoms with E-state index in [4.69, 9.17) is 0 Å². The zero-order valence-corrected chi connectivity index (χ0v) is 20.5. The number of rotatable bonds is 2. The van der Waals surface area contributed by atoms with Gasteiger partial charge in [0.25, 0.3) is 5.91 Å². The highest BCUT2D eigenvalue weighted by molar-refractivity contribution is 5.98. The van der Waals surface area contributed by atoms with E-state index in [0.717, 1.165) is 58.5 Å². The van der Waals surface area contributed by atoms with Crippen molar-refractivity contribution in [2.45, 2.75) is 51.5 Å². The highest BCUT2D eigenvalue weighted by atomic mass is 16.2. The van der Waals surface area contributed by atoms with Crippen molar-refractivity contribution in [3.8, 4) is 0 Å². The van der Waals surface area contributed by atoms with Gasteiger partial charge in [-0.2, -0.15) is 0 Å². The van der Waals surface area contributed by atoms with Crippen LogP contribution in [0, 0.1) is 6.92 Å². The van der Waals surface area contributed by atoms with Gasteiger partial charge in [0, 0.05) is 36.3 Å². The average molecular weight is 482 g/mol. The van der Waals surface area contributed by atoms with Crippen molar-refractivity contribution in [1.29, 1.82) is 0 Å². The molecule has 0 fully saturated rings. The van der Waals surface area contributed by atoms with Gasteiger partial charge in [0.2, 0.25) is 5.91 Å². The average Bonchev–Trinajstić information content (AvgIpc) is 2.88. The second-order valence-electron chi connectivity index (χ2n) is 9.71. The Morgan fingerprint density at radius 1 is 0.806 bits per heavy atom. The van der Waals surface area contributed by atoms with Gasteiger partial charge in [-0.3, -0.25) is 14.4 Å². The van der Waals surface area contributed by atoms with Gasteiger partial charge < -0.3 is 16.0 Å². The van der Waals surface area contributed by atoms with Gasteiger partial charge >= 0.3 is 0 Å². The fraction of sp³-hybridized carbons (Fsp3) is 0.300. The second kappa shape index (κ2) is 10.4. The molecule has 2 amide bonds. The van der Waals surface area contributed by atoms with Crippen LogP contribution < -0.4 is 16.0 Å². The second-order valence-corrected chi connectivity index (χ2v) is 9.71. The third-order valence-electron chi connectivity index (χ3n) is 7.12. The zero-order chi connectivity index (χ0) is 25.1. The van der Waals surface area contributed by atoms with Gasteiger partial charge in [-0.15, -0.1) is 0 Å². The summed E-state index contributed by atoms with van der Waals surface area (Å²) in [6.45, 7) is 2.67. The molecule has 3 aliphatic rings. The molecule has 1 atom stereocenters. The van der Waals surface area contributed by atoms with Gasteiger partial charge in [-0.1, -0.05) is 36.4 Å². The van der Waals surface area contributed by atoms with Crippen molar-refractivity contribution in [3.63, 3.8) is 0 Å². The Bertz CT molecular complexity index is 1310. The maximum atomic E-state index is 13.6. The van der Waals surface area contributed by atoms with Gasteiger partial charge in [0.15, 0.2) is 5.78 Å². The van der Waals surface area contributed by atoms with Crippen LogP contribution in [0.4, 0.5) is 11.4 Å². The predicted molar refractivity (Wildman–Crippen MR) is 141 cm³/mol. The molecule has 4 bridgehead atoms. The first-order valence-electron chi connectivity index (χ1n) is 12.6. The first-order valence-corrected chi connectivity index (χ1v) is 12.6. The molecule has 3 aromatic rings. The molecule has 6 heteroatoms. The number of fused-ring (bicyclic) bond motifs is 10. The summed E-state index contributed by atoms with van der Waals surface area (Å²) >= 11 is 0. The third-order valence-corrected chi connectivity index (χ3v) is 7.12. The molecule has 0 saturated carbocycles. The minimum atomic E-state index is -0.528. The topological polar surface area (TPSA) is 87.3 Å². The van der Waals surface area contributed by atoms with E-state index < -0.39 is 6.04 Å². The van der Waals surface area contributed by atoms with Crippen LogP contribution >= 0.6 is 0 Å². The Kier molecular flexibility index (Phi) is 6.85. The summed E-state index contributed by atoms with van der Waals surface area (Å²) < 4.78 is 0. The van der Waals surface area contributed by atoms with Crippen molar-refractivity contribution in [2.24, 2.45) is 0 Å². The van der Waals surface area contributed by atoms with Crippen LogP contribution in [0.1, 0.15) is 63.5 Å². The normalized spacial score (nSPS) is 18.2. The largest absolute Gasteiger partial charge is 0.372 e. The lowest BCUT2D eigenvalue weighted by Crippen LogP contribution is -2.32. The van der Waals surface area contributed by atoms with Crippen molar-refractivity contribution in [3.05, 3.63) is 94.0 Å². The minimum absolute atomic E-state index is 0.00703. The standard InChI is InChI=1S/C30H31N3O3/c1-19-5-12-24-17-23(19)11-14-27(34)29(22-8-6-20(7-9-22)3-2-4-28(35)32-24)33-25-13-10-21-15-16-31-30(36)26(21)18-25/h5-10,12-13,17-18,29,33H,2-4,11,14-16H2,1H3,(H,31,36)(H,32,35)/t29-/m1/s1. The zero-order valence-electron chi connectivity index (χ0n) is 20.5. The number of hydrogen-bond donors (Lipinski definition) is 3. The van der Waals surface area contributed by atoms with Crippen molar-refractivity contribution < 1.29 is 14.4 Å². The fourth-order valence-corrected chi connectivity index (χ4v) is 4.99. The molecule has 36 heavy (non-hydrogen) atoms. The van der Waals surface area contributed by atoms with Gasteiger partial charge in [0.05, 0.1) is 0 Å². The number of amides is 2. The van der Waals surface area contributed by atoms with Crippen LogP contribution in [0.25, 0.3) is 0 Å². The molecule has 3 aromatic carbocycles. The first-order chi connectivity index (χ1) is 17.5. The smallest absolute Gasteiger partial charge is 0.251 e. The number of benzene rings is 3. The third kappa shape index (κ3) is 5.33. The Morgan fingerprint density at radius 2 is 1.64 bits per heavy atom. The van der Waals surface area contributed by atoms with E-state index in [1.54, 1.807) is 0 Å². The number of nitrogens with one attached hydrogen (secondary N) is 3. The molecule has 0 aromatic heterocycles. The van der Waals surface area contributed by atoms with Crippen LogP contribution in [0.2, 0.25) is 0 Å². The molecule has 3 heterocycles. The Hall–Kier alpha value is -3.93. The van der Waals surface area contributed by atoms with Crippen LogP contribution in [0.5, 0.6) is 0 Å². The maximum absolute atomic E-state index is 13.6. The number of aryl methyl sites for hydroxylation is 3. The molecule has 0 unspecified atom stereocenters. The lowest BCUT2D eigenvalue weighted by Gasteiger charge is -2.22. The highest BCUT2D eigenvalue weighted by Gasteiger charge is 2.23. The van der Waals surface area contributed by atoms with Crippen molar-refractivity contribution >= 4 is 29.0 Å². The molecule has 6 nitrogen and oxygen atoms in total. The molecule has 3 N–H and O–H groups in total. The molecular formula is C30H31N3O3.